The number of rotatable bonds is 5. The molecule has 1 aromatic carbocycles. The molecule has 8 nitrogen and oxygen atoms in total. The minimum absolute atomic E-state index is 0.0366. The Morgan fingerprint density at radius 3 is 2.50 bits per heavy atom. The molecule has 4 aromatic rings. The molecular weight excluding hydrogens is 474 g/mol. The van der Waals surface area contributed by atoms with E-state index < -0.39 is 0 Å². The smallest absolute Gasteiger partial charge is 0.317 e. The molecule has 2 saturated carbocycles. The topological polar surface area (TPSA) is 101 Å². The summed E-state index contributed by atoms with van der Waals surface area (Å²) >= 11 is 0. The van der Waals surface area contributed by atoms with Gasteiger partial charge in [0, 0.05) is 54.5 Å². The number of urea groups is 1. The maximum Gasteiger partial charge on any atom is 0.317 e. The number of anilines is 1. The first-order valence-electron chi connectivity index (χ1n) is 13.7. The maximum atomic E-state index is 12.4. The highest BCUT2D eigenvalue weighted by Crippen LogP contribution is 2.48. The van der Waals surface area contributed by atoms with Crippen molar-refractivity contribution >= 4 is 17.5 Å². The monoisotopic (exact) mass is 509 g/mol. The van der Waals surface area contributed by atoms with Crippen LogP contribution in [0.4, 0.5) is 10.6 Å². The number of hydrogen-bond acceptors (Lipinski definition) is 5. The third-order valence-electron chi connectivity index (χ3n) is 8.25. The standard InChI is InChI=1S/C30H35N7O/c1-32-30(38)36(2)23-11-7-6-10-21(16-23)27-26(20-12-13-20)28(31)37-29(35-27)24(18-34-37)22-14-15-25(33-17-22)19-8-4-3-5-9-19/h3-5,8-9,14-15,17-18,20-21,23H,6-7,10-13,16,31H2,1-2H3,(H,32,38)/t21-,23+/m0/s1. The number of nitrogens with zero attached hydrogens (tertiary/aromatic N) is 5. The van der Waals surface area contributed by atoms with Crippen molar-refractivity contribution in [2.45, 2.75) is 62.8 Å². The van der Waals surface area contributed by atoms with Crippen LogP contribution in [-0.2, 0) is 0 Å². The minimum atomic E-state index is -0.0366. The zero-order chi connectivity index (χ0) is 26.2. The highest BCUT2D eigenvalue weighted by molar-refractivity contribution is 5.79. The van der Waals surface area contributed by atoms with E-state index in [1.54, 1.807) is 7.05 Å². The van der Waals surface area contributed by atoms with Crippen LogP contribution in [0.5, 0.6) is 0 Å². The third-order valence-corrected chi connectivity index (χ3v) is 8.25. The summed E-state index contributed by atoms with van der Waals surface area (Å²) in [6.45, 7) is 0. The van der Waals surface area contributed by atoms with Gasteiger partial charge in [-0.2, -0.15) is 9.61 Å². The van der Waals surface area contributed by atoms with Crippen LogP contribution in [0, 0.1) is 0 Å². The molecule has 2 aliphatic rings. The van der Waals surface area contributed by atoms with Gasteiger partial charge in [0.1, 0.15) is 5.82 Å². The number of nitrogen functional groups attached to an aromatic ring is 1. The van der Waals surface area contributed by atoms with Crippen LogP contribution in [0.1, 0.15) is 68.0 Å². The maximum absolute atomic E-state index is 12.4. The predicted octanol–water partition coefficient (Wildman–Crippen LogP) is 5.61. The molecule has 0 radical (unpaired) electrons. The van der Waals surface area contributed by atoms with Gasteiger partial charge in [-0.25, -0.2) is 9.78 Å². The molecule has 0 unspecified atom stereocenters. The van der Waals surface area contributed by atoms with E-state index in [1.807, 2.05) is 53.1 Å². The number of carbonyl (C=O) groups is 1. The number of carbonyl (C=O) groups excluding carboxylic acids is 1. The van der Waals surface area contributed by atoms with Gasteiger partial charge in [-0.15, -0.1) is 0 Å². The number of amides is 2. The molecule has 2 fully saturated rings. The van der Waals surface area contributed by atoms with Gasteiger partial charge in [0.25, 0.3) is 0 Å². The van der Waals surface area contributed by atoms with Crippen molar-refractivity contribution in [1.82, 2.24) is 29.8 Å². The van der Waals surface area contributed by atoms with E-state index in [4.69, 9.17) is 15.7 Å². The van der Waals surface area contributed by atoms with Gasteiger partial charge in [0.2, 0.25) is 0 Å². The second-order valence-electron chi connectivity index (χ2n) is 10.7. The second kappa shape index (κ2) is 10.1. The van der Waals surface area contributed by atoms with Crippen molar-refractivity contribution in [1.29, 1.82) is 0 Å². The first-order valence-corrected chi connectivity index (χ1v) is 13.7. The van der Waals surface area contributed by atoms with E-state index in [1.165, 1.54) is 0 Å². The Morgan fingerprint density at radius 2 is 1.79 bits per heavy atom. The molecule has 3 N–H and O–H groups in total. The van der Waals surface area contributed by atoms with E-state index in [2.05, 4.69) is 28.6 Å². The average Bonchev–Trinajstić information content (AvgIpc) is 3.75. The Labute approximate surface area is 223 Å². The lowest BCUT2D eigenvalue weighted by molar-refractivity contribution is 0.184. The van der Waals surface area contributed by atoms with Crippen LogP contribution in [0.2, 0.25) is 0 Å². The van der Waals surface area contributed by atoms with Crippen LogP contribution < -0.4 is 11.1 Å². The molecule has 8 heteroatoms. The zero-order valence-electron chi connectivity index (χ0n) is 22.1. The minimum Gasteiger partial charge on any atom is -0.383 e. The first-order chi connectivity index (χ1) is 18.5. The van der Waals surface area contributed by atoms with Crippen LogP contribution in [0.25, 0.3) is 28.0 Å². The van der Waals surface area contributed by atoms with E-state index in [0.29, 0.717) is 11.7 Å². The number of nitrogens with one attached hydrogen (secondary N) is 1. The van der Waals surface area contributed by atoms with E-state index in [9.17, 15) is 4.79 Å². The number of fused-ring (bicyclic) bond motifs is 1. The summed E-state index contributed by atoms with van der Waals surface area (Å²) in [5, 5.41) is 7.45. The van der Waals surface area contributed by atoms with Crippen molar-refractivity contribution in [2.24, 2.45) is 0 Å². The van der Waals surface area contributed by atoms with E-state index in [-0.39, 0.29) is 18.0 Å². The summed E-state index contributed by atoms with van der Waals surface area (Å²) in [6.07, 6.45) is 11.2. The summed E-state index contributed by atoms with van der Waals surface area (Å²) < 4.78 is 1.81. The van der Waals surface area contributed by atoms with Gasteiger partial charge < -0.3 is 16.0 Å². The molecule has 2 amide bonds. The molecule has 0 saturated heterocycles. The number of pyridine rings is 1. The lowest BCUT2D eigenvalue weighted by Crippen LogP contribution is -2.42. The van der Waals surface area contributed by atoms with E-state index >= 15 is 0 Å². The van der Waals surface area contributed by atoms with E-state index in [0.717, 1.165) is 84.2 Å². The van der Waals surface area contributed by atoms with Gasteiger partial charge in [-0.05, 0) is 44.1 Å². The molecule has 3 aromatic heterocycles. The van der Waals surface area contributed by atoms with Gasteiger partial charge in [0.05, 0.1) is 17.6 Å². The molecule has 2 atom stereocenters. The molecule has 38 heavy (non-hydrogen) atoms. The fourth-order valence-corrected chi connectivity index (χ4v) is 5.96. The highest BCUT2D eigenvalue weighted by atomic mass is 16.2. The molecular formula is C30H35N7O. The van der Waals surface area contributed by atoms with Crippen molar-refractivity contribution in [2.75, 3.05) is 19.8 Å². The molecule has 3 heterocycles. The number of nitrogens with two attached hydrogens (primary N) is 1. The largest absolute Gasteiger partial charge is 0.383 e. The van der Waals surface area contributed by atoms with Crippen LogP contribution in [0.15, 0.2) is 54.9 Å². The molecule has 0 bridgehead atoms. The number of benzene rings is 1. The average molecular weight is 510 g/mol. The van der Waals surface area contributed by atoms with Gasteiger partial charge in [-0.3, -0.25) is 4.98 Å². The Morgan fingerprint density at radius 1 is 1.00 bits per heavy atom. The predicted molar refractivity (Wildman–Crippen MR) is 150 cm³/mol. The van der Waals surface area contributed by atoms with Crippen LogP contribution in [0.3, 0.4) is 0 Å². The van der Waals surface area contributed by atoms with Crippen molar-refractivity contribution < 1.29 is 4.79 Å². The Hall–Kier alpha value is -3.94. The second-order valence-corrected chi connectivity index (χ2v) is 10.7. The molecule has 0 aliphatic heterocycles. The summed E-state index contributed by atoms with van der Waals surface area (Å²) in [7, 11) is 3.59. The summed E-state index contributed by atoms with van der Waals surface area (Å²) in [6, 6.07) is 14.4. The number of hydrogen-bond donors (Lipinski definition) is 2. The van der Waals surface area contributed by atoms with Crippen LogP contribution in [-0.4, -0.2) is 50.7 Å². The Bertz CT molecular complexity index is 1440. The molecule has 0 spiro atoms. The fraction of sp³-hybridized carbons (Fsp3) is 0.400. The Balaban J connectivity index is 1.40. The third kappa shape index (κ3) is 4.48. The summed E-state index contributed by atoms with van der Waals surface area (Å²) in [5.74, 6) is 1.40. The SMILES string of the molecule is CNC(=O)N(C)[C@@H]1CCCC[C@H](c2nc3c(-c4ccc(-c5ccccc5)nc4)cnn3c(N)c2C2CC2)C1. The summed E-state index contributed by atoms with van der Waals surface area (Å²) in [4.78, 5) is 24.3. The van der Waals surface area contributed by atoms with Crippen LogP contribution >= 0.6 is 0 Å². The number of aromatic nitrogens is 4. The Kier molecular flexibility index (Phi) is 6.47. The van der Waals surface area contributed by atoms with Gasteiger partial charge >= 0.3 is 6.03 Å². The normalized spacial score (nSPS) is 19.7. The first kappa shape index (κ1) is 24.4. The van der Waals surface area contributed by atoms with Gasteiger partial charge in [-0.1, -0.05) is 49.2 Å². The lowest BCUT2D eigenvalue weighted by Gasteiger charge is -2.29. The van der Waals surface area contributed by atoms with Crippen molar-refractivity contribution in [3.8, 4) is 22.4 Å². The molecule has 6 rings (SSSR count). The lowest BCUT2D eigenvalue weighted by atomic mass is 9.89. The summed E-state index contributed by atoms with van der Waals surface area (Å²) in [5.41, 5.74) is 13.8. The zero-order valence-corrected chi connectivity index (χ0v) is 22.1. The fourth-order valence-electron chi connectivity index (χ4n) is 5.96. The quantitative estimate of drug-likeness (QED) is 0.341. The van der Waals surface area contributed by atoms with Crippen molar-refractivity contribution in [3.05, 3.63) is 66.1 Å². The highest BCUT2D eigenvalue weighted by Gasteiger charge is 2.36. The van der Waals surface area contributed by atoms with Gasteiger partial charge in [0.15, 0.2) is 5.65 Å². The molecule has 2 aliphatic carbocycles. The molecule has 196 valence electrons. The van der Waals surface area contributed by atoms with Crippen molar-refractivity contribution in [3.63, 3.8) is 0 Å².